The lowest BCUT2D eigenvalue weighted by Crippen LogP contribution is -2.35. The summed E-state index contributed by atoms with van der Waals surface area (Å²) in [6, 6.07) is 8.34. The molecule has 3 aromatic rings. The van der Waals surface area contributed by atoms with E-state index in [9.17, 15) is 0 Å². The summed E-state index contributed by atoms with van der Waals surface area (Å²) in [5.74, 6) is 1.53. The summed E-state index contributed by atoms with van der Waals surface area (Å²) < 4.78 is 3.29. The highest BCUT2D eigenvalue weighted by Crippen LogP contribution is 2.33. The second-order valence-corrected chi connectivity index (χ2v) is 6.56. The summed E-state index contributed by atoms with van der Waals surface area (Å²) in [5.41, 5.74) is 1.10. The Hall–Kier alpha value is -1.95. The number of aromatic nitrogens is 4. The number of benzene rings is 1. The number of rotatable bonds is 2. The van der Waals surface area contributed by atoms with Crippen molar-refractivity contribution in [3.05, 3.63) is 36.4 Å². The van der Waals surface area contributed by atoms with Gasteiger partial charge in [0.2, 0.25) is 0 Å². The molecule has 0 aliphatic carbocycles. The summed E-state index contributed by atoms with van der Waals surface area (Å²) in [7, 11) is 2.02. The molecule has 0 radical (unpaired) electrons. The van der Waals surface area contributed by atoms with Crippen molar-refractivity contribution in [3.63, 3.8) is 0 Å². The third-order valence-electron chi connectivity index (χ3n) is 4.09. The Morgan fingerprint density at radius 3 is 3.00 bits per heavy atom. The molecule has 1 saturated heterocycles. The molecule has 4 rings (SSSR count). The molecule has 0 unspecified atom stereocenters. The molecule has 1 aliphatic heterocycles. The van der Waals surface area contributed by atoms with Crippen LogP contribution in [0.2, 0.25) is 0 Å². The average Bonchev–Trinajstić information content (AvgIpc) is 3.13. The molecule has 0 spiro atoms. The van der Waals surface area contributed by atoms with Gasteiger partial charge in [0.25, 0.3) is 0 Å². The Morgan fingerprint density at radius 2 is 2.19 bits per heavy atom. The van der Waals surface area contributed by atoms with E-state index in [1.807, 2.05) is 17.7 Å². The molecule has 1 fully saturated rings. The summed E-state index contributed by atoms with van der Waals surface area (Å²) in [6.07, 6.45) is 4.13. The summed E-state index contributed by atoms with van der Waals surface area (Å²) in [6.45, 7) is 2.06. The number of nitrogens with zero attached hydrogens (tertiary/aromatic N) is 5. The minimum Gasteiger partial charge on any atom is -0.347 e. The molecule has 6 heteroatoms. The number of aryl methyl sites for hydroxylation is 1. The average molecular weight is 299 g/mol. The highest BCUT2D eigenvalue weighted by molar-refractivity contribution is 7.22. The maximum atomic E-state index is 4.78. The van der Waals surface area contributed by atoms with Gasteiger partial charge in [0.05, 0.1) is 10.2 Å². The molecule has 0 bridgehead atoms. The predicted molar refractivity (Wildman–Crippen MR) is 84.8 cm³/mol. The van der Waals surface area contributed by atoms with Crippen LogP contribution in [0.25, 0.3) is 10.2 Å². The smallest absolute Gasteiger partial charge is 0.186 e. The first kappa shape index (κ1) is 12.8. The van der Waals surface area contributed by atoms with E-state index in [2.05, 4.69) is 33.3 Å². The third kappa shape index (κ3) is 2.29. The Labute approximate surface area is 127 Å². The molecule has 1 aromatic carbocycles. The van der Waals surface area contributed by atoms with Gasteiger partial charge in [-0.2, -0.15) is 0 Å². The highest BCUT2D eigenvalue weighted by Gasteiger charge is 2.26. The molecule has 0 amide bonds. The van der Waals surface area contributed by atoms with Crippen LogP contribution in [0.1, 0.15) is 24.6 Å². The van der Waals surface area contributed by atoms with Gasteiger partial charge in [-0.3, -0.25) is 0 Å². The fourth-order valence-electron chi connectivity index (χ4n) is 3.02. The van der Waals surface area contributed by atoms with Crippen LogP contribution in [0.15, 0.2) is 30.6 Å². The second-order valence-electron chi connectivity index (χ2n) is 5.55. The maximum absolute atomic E-state index is 4.78. The van der Waals surface area contributed by atoms with Crippen molar-refractivity contribution in [2.24, 2.45) is 7.05 Å². The van der Waals surface area contributed by atoms with Gasteiger partial charge >= 0.3 is 0 Å². The van der Waals surface area contributed by atoms with Crippen molar-refractivity contribution < 1.29 is 0 Å². The minimum atomic E-state index is 0.443. The molecule has 0 saturated carbocycles. The molecule has 108 valence electrons. The fourth-order valence-corrected chi connectivity index (χ4v) is 4.02. The molecular weight excluding hydrogens is 282 g/mol. The zero-order valence-corrected chi connectivity index (χ0v) is 12.8. The lowest BCUT2D eigenvalue weighted by Gasteiger charge is -2.31. The Bertz CT molecular complexity index is 729. The highest BCUT2D eigenvalue weighted by atomic mass is 32.1. The maximum Gasteiger partial charge on any atom is 0.186 e. The van der Waals surface area contributed by atoms with E-state index in [1.54, 1.807) is 17.7 Å². The molecule has 5 nitrogen and oxygen atoms in total. The van der Waals surface area contributed by atoms with E-state index in [-0.39, 0.29) is 0 Å². The number of fused-ring (bicyclic) bond motifs is 1. The molecular formula is C15H17N5S. The van der Waals surface area contributed by atoms with Crippen LogP contribution >= 0.6 is 11.3 Å². The normalized spacial score (nSPS) is 19.3. The first-order valence-corrected chi connectivity index (χ1v) is 8.07. The zero-order valence-electron chi connectivity index (χ0n) is 11.9. The SMILES string of the molecule is Cn1cnnc1[C@@H]1CCCN(c2nc3ccccc3s2)C1. The van der Waals surface area contributed by atoms with Crippen LogP contribution in [-0.4, -0.2) is 32.8 Å². The lowest BCUT2D eigenvalue weighted by molar-refractivity contribution is 0.480. The van der Waals surface area contributed by atoms with Crippen molar-refractivity contribution in [1.29, 1.82) is 0 Å². The van der Waals surface area contributed by atoms with E-state index >= 15 is 0 Å². The summed E-state index contributed by atoms with van der Waals surface area (Å²) in [4.78, 5) is 7.17. The molecule has 1 aliphatic rings. The van der Waals surface area contributed by atoms with Crippen molar-refractivity contribution in [3.8, 4) is 0 Å². The van der Waals surface area contributed by atoms with E-state index < -0.39 is 0 Å². The van der Waals surface area contributed by atoms with Gasteiger partial charge in [0.15, 0.2) is 5.13 Å². The fraction of sp³-hybridized carbons (Fsp3) is 0.400. The summed E-state index contributed by atoms with van der Waals surface area (Å²) >= 11 is 1.78. The molecule has 3 heterocycles. The van der Waals surface area contributed by atoms with Gasteiger partial charge in [0, 0.05) is 26.1 Å². The van der Waals surface area contributed by atoms with Crippen LogP contribution < -0.4 is 4.90 Å². The molecule has 1 atom stereocenters. The van der Waals surface area contributed by atoms with Crippen LogP contribution in [0.3, 0.4) is 0 Å². The van der Waals surface area contributed by atoms with Crippen molar-refractivity contribution in [1.82, 2.24) is 19.7 Å². The van der Waals surface area contributed by atoms with Crippen LogP contribution in [0.5, 0.6) is 0 Å². The standard InChI is InChI=1S/C15H17N5S/c1-19-10-16-18-14(19)11-5-4-8-20(9-11)15-17-12-6-2-3-7-13(12)21-15/h2-3,6-7,10-11H,4-5,8-9H2,1H3/t11-/m1/s1. The molecule has 21 heavy (non-hydrogen) atoms. The van der Waals surface area contributed by atoms with Gasteiger partial charge in [-0.05, 0) is 25.0 Å². The number of hydrogen-bond acceptors (Lipinski definition) is 5. The summed E-state index contributed by atoms with van der Waals surface area (Å²) in [5, 5.41) is 9.42. The van der Waals surface area contributed by atoms with E-state index in [4.69, 9.17) is 4.98 Å². The van der Waals surface area contributed by atoms with E-state index in [1.165, 1.54) is 17.5 Å². The number of para-hydroxylation sites is 1. The Morgan fingerprint density at radius 1 is 1.29 bits per heavy atom. The quantitative estimate of drug-likeness (QED) is 0.730. The number of hydrogen-bond donors (Lipinski definition) is 0. The monoisotopic (exact) mass is 299 g/mol. The number of anilines is 1. The van der Waals surface area contributed by atoms with Crippen molar-refractivity contribution >= 4 is 26.7 Å². The second kappa shape index (κ2) is 5.11. The van der Waals surface area contributed by atoms with Gasteiger partial charge < -0.3 is 9.47 Å². The van der Waals surface area contributed by atoms with Gasteiger partial charge in [-0.1, -0.05) is 23.5 Å². The Balaban J connectivity index is 1.62. The molecule has 0 N–H and O–H groups in total. The van der Waals surface area contributed by atoms with E-state index in [0.29, 0.717) is 5.92 Å². The number of thiazole rings is 1. The largest absolute Gasteiger partial charge is 0.347 e. The van der Waals surface area contributed by atoms with Crippen LogP contribution in [-0.2, 0) is 7.05 Å². The minimum absolute atomic E-state index is 0.443. The van der Waals surface area contributed by atoms with Crippen molar-refractivity contribution in [2.75, 3.05) is 18.0 Å². The van der Waals surface area contributed by atoms with Crippen LogP contribution in [0.4, 0.5) is 5.13 Å². The van der Waals surface area contributed by atoms with Crippen LogP contribution in [0, 0.1) is 0 Å². The van der Waals surface area contributed by atoms with Gasteiger partial charge in [0.1, 0.15) is 12.2 Å². The van der Waals surface area contributed by atoms with E-state index in [0.717, 1.165) is 29.6 Å². The first-order chi connectivity index (χ1) is 10.3. The Kier molecular flexibility index (Phi) is 3.11. The predicted octanol–water partition coefficient (Wildman–Crippen LogP) is 2.81. The van der Waals surface area contributed by atoms with Gasteiger partial charge in [-0.25, -0.2) is 4.98 Å². The topological polar surface area (TPSA) is 46.8 Å². The lowest BCUT2D eigenvalue weighted by atomic mass is 9.97. The number of piperidine rings is 1. The first-order valence-electron chi connectivity index (χ1n) is 7.25. The molecule has 2 aromatic heterocycles. The van der Waals surface area contributed by atoms with Gasteiger partial charge in [-0.15, -0.1) is 10.2 Å². The van der Waals surface area contributed by atoms with Crippen molar-refractivity contribution in [2.45, 2.75) is 18.8 Å². The third-order valence-corrected chi connectivity index (χ3v) is 5.18. The zero-order chi connectivity index (χ0) is 14.2.